The van der Waals surface area contributed by atoms with Gasteiger partial charge < -0.3 is 5.32 Å². The summed E-state index contributed by atoms with van der Waals surface area (Å²) in [5, 5.41) is 8.34. The zero-order chi connectivity index (χ0) is 10.1. The lowest BCUT2D eigenvalue weighted by Gasteiger charge is -1.99. The Kier molecular flexibility index (Phi) is 6.83. The van der Waals surface area contributed by atoms with Gasteiger partial charge in [-0.15, -0.1) is 6.42 Å². The maximum Gasteiger partial charge on any atom is 0.433 e. The van der Waals surface area contributed by atoms with Gasteiger partial charge in [-0.2, -0.15) is 0 Å². The number of rotatable bonds is 4. The Bertz CT molecular complexity index is 233. The highest BCUT2D eigenvalue weighted by atomic mass is 32.2. The molecule has 0 unspecified atom stereocenters. The molecule has 0 saturated heterocycles. The molecule has 0 aliphatic carbocycles. The zero-order valence-corrected chi connectivity index (χ0v) is 8.48. The molecule has 0 atom stereocenters. The fourth-order valence-corrected chi connectivity index (χ4v) is 0.976. The Morgan fingerprint density at radius 1 is 1.77 bits per heavy atom. The van der Waals surface area contributed by atoms with E-state index in [1.165, 1.54) is 18.8 Å². The van der Waals surface area contributed by atoms with Gasteiger partial charge in [-0.05, 0) is 11.7 Å². The molecule has 0 heterocycles. The number of carbonyl (C=O) groups excluding carboxylic acids is 1. The molecular weight excluding hydrogens is 188 g/mol. The smallest absolute Gasteiger partial charge is 0.323 e. The molecule has 1 N–H and O–H groups in total. The van der Waals surface area contributed by atoms with Crippen molar-refractivity contribution in [1.29, 1.82) is 0 Å². The van der Waals surface area contributed by atoms with Crippen molar-refractivity contribution in [3.8, 4) is 11.7 Å². The van der Waals surface area contributed by atoms with Crippen LogP contribution in [0.25, 0.3) is 0 Å². The van der Waals surface area contributed by atoms with Gasteiger partial charge in [-0.1, -0.05) is 23.8 Å². The molecule has 0 spiro atoms. The summed E-state index contributed by atoms with van der Waals surface area (Å²) in [5.74, 6) is 0.587. The summed E-state index contributed by atoms with van der Waals surface area (Å²) in [5.41, 5.74) is 0.756. The summed E-state index contributed by atoms with van der Waals surface area (Å²) >= 11 is 1.29. The van der Waals surface area contributed by atoms with E-state index in [9.17, 15) is 4.79 Å². The number of nitrogens with one attached hydrogen (secondary N) is 1. The lowest BCUT2D eigenvalue weighted by atomic mass is 10.3. The van der Waals surface area contributed by atoms with Gasteiger partial charge in [0.25, 0.3) is 0 Å². The van der Waals surface area contributed by atoms with Crippen molar-refractivity contribution < 1.29 is 9.63 Å². The summed E-state index contributed by atoms with van der Waals surface area (Å²) in [7, 11) is 1.47. The van der Waals surface area contributed by atoms with Gasteiger partial charge in [-0.25, -0.2) is 4.79 Å². The number of terminal acetylenes is 1. The maximum absolute atomic E-state index is 10.6. The van der Waals surface area contributed by atoms with Crippen molar-refractivity contribution in [3.63, 3.8) is 0 Å². The molecule has 0 aliphatic rings. The summed E-state index contributed by atoms with van der Waals surface area (Å²) in [4.78, 5) is 15.1. The number of hydrogen-bond donors (Lipinski definition) is 1. The molecule has 1 amide bonds. The Morgan fingerprint density at radius 3 is 2.92 bits per heavy atom. The van der Waals surface area contributed by atoms with Crippen LogP contribution in [0.3, 0.4) is 0 Å². The summed E-state index contributed by atoms with van der Waals surface area (Å²) in [6.07, 6.45) is 5.19. The van der Waals surface area contributed by atoms with Gasteiger partial charge >= 0.3 is 6.09 Å². The van der Waals surface area contributed by atoms with Crippen LogP contribution < -0.4 is 5.32 Å². The molecule has 13 heavy (non-hydrogen) atoms. The molecule has 72 valence electrons. The molecule has 0 aromatic carbocycles. The Balaban J connectivity index is 3.93. The van der Waals surface area contributed by atoms with Gasteiger partial charge in [0.1, 0.15) is 0 Å². The monoisotopic (exact) mass is 200 g/mol. The number of thioether (sulfide) groups is 1. The number of carbonyl (C=O) groups is 1. The normalized spacial score (nSPS) is 10.4. The lowest BCUT2D eigenvalue weighted by molar-refractivity contribution is 0.153. The van der Waals surface area contributed by atoms with E-state index in [-0.39, 0.29) is 0 Å². The summed E-state index contributed by atoms with van der Waals surface area (Å²) in [6.45, 7) is 1.92. The van der Waals surface area contributed by atoms with E-state index in [1.54, 1.807) is 0 Å². The van der Waals surface area contributed by atoms with Crippen molar-refractivity contribution in [1.82, 2.24) is 5.32 Å². The van der Waals surface area contributed by atoms with Crippen LogP contribution in [0.15, 0.2) is 5.16 Å². The lowest BCUT2D eigenvalue weighted by Crippen LogP contribution is -2.17. The van der Waals surface area contributed by atoms with Crippen LogP contribution in [0.4, 0.5) is 4.79 Å². The molecule has 0 fully saturated rings. The number of amides is 1. The van der Waals surface area contributed by atoms with Crippen molar-refractivity contribution in [3.05, 3.63) is 0 Å². The van der Waals surface area contributed by atoms with Crippen molar-refractivity contribution in [2.45, 2.75) is 13.3 Å². The highest BCUT2D eigenvalue weighted by Crippen LogP contribution is 2.00. The second kappa shape index (κ2) is 7.50. The average molecular weight is 200 g/mol. The molecule has 0 radical (unpaired) electrons. The van der Waals surface area contributed by atoms with E-state index >= 15 is 0 Å². The van der Waals surface area contributed by atoms with Gasteiger partial charge in [0.05, 0.1) is 5.71 Å². The summed E-state index contributed by atoms with van der Waals surface area (Å²) < 4.78 is 0. The minimum absolute atomic E-state index is 0.573. The third kappa shape index (κ3) is 6.05. The van der Waals surface area contributed by atoms with Crippen LogP contribution in [0.2, 0.25) is 0 Å². The van der Waals surface area contributed by atoms with Gasteiger partial charge in [0.15, 0.2) is 0 Å². The van der Waals surface area contributed by atoms with Crippen molar-refractivity contribution in [2.75, 3.05) is 12.8 Å². The highest BCUT2D eigenvalue weighted by Gasteiger charge is 1.99. The Hall–Kier alpha value is -1.15. The standard InChI is InChI=1S/C8H12N2O2S/c1-4-7(6-13-5-2)10-12-8(11)9-3/h2H,4,6H2,1,3H3,(H,9,11). The molecular formula is C8H12N2O2S. The van der Waals surface area contributed by atoms with Crippen LogP contribution in [-0.2, 0) is 4.84 Å². The third-order valence-electron chi connectivity index (χ3n) is 1.19. The first-order valence-electron chi connectivity index (χ1n) is 3.76. The predicted molar refractivity (Wildman–Crippen MR) is 54.6 cm³/mol. The molecule has 0 aromatic heterocycles. The maximum atomic E-state index is 10.6. The predicted octanol–water partition coefficient (Wildman–Crippen LogP) is 1.43. The van der Waals surface area contributed by atoms with Crippen molar-refractivity contribution >= 4 is 23.6 Å². The Labute approximate surface area is 82.1 Å². The van der Waals surface area contributed by atoms with Crippen molar-refractivity contribution in [2.24, 2.45) is 5.16 Å². The van der Waals surface area contributed by atoms with Gasteiger partial charge in [0.2, 0.25) is 0 Å². The molecule has 0 aromatic rings. The number of nitrogens with zero attached hydrogens (tertiary/aromatic N) is 1. The molecule has 0 aliphatic heterocycles. The van der Waals surface area contributed by atoms with E-state index in [1.807, 2.05) is 6.92 Å². The van der Waals surface area contributed by atoms with Crippen LogP contribution in [0.5, 0.6) is 0 Å². The second-order valence-electron chi connectivity index (χ2n) is 2.05. The fraction of sp³-hybridized carbons (Fsp3) is 0.500. The average Bonchev–Trinajstić information content (AvgIpc) is 2.17. The van der Waals surface area contributed by atoms with E-state index < -0.39 is 6.09 Å². The summed E-state index contributed by atoms with van der Waals surface area (Å²) in [6, 6.07) is 0. The SMILES string of the molecule is C#CSCC(CC)=NOC(=O)NC. The van der Waals surface area contributed by atoms with Gasteiger partial charge in [-0.3, -0.25) is 4.84 Å². The number of hydrogen-bond acceptors (Lipinski definition) is 4. The largest absolute Gasteiger partial charge is 0.433 e. The first-order chi connectivity index (χ1) is 6.24. The van der Waals surface area contributed by atoms with E-state index in [0.29, 0.717) is 12.2 Å². The van der Waals surface area contributed by atoms with E-state index in [0.717, 1.165) is 5.71 Å². The first-order valence-corrected chi connectivity index (χ1v) is 4.75. The second-order valence-corrected chi connectivity index (χ2v) is 2.86. The molecule has 0 saturated carbocycles. The molecule has 0 rings (SSSR count). The van der Waals surface area contributed by atoms with E-state index in [2.05, 4.69) is 20.6 Å². The Morgan fingerprint density at radius 2 is 2.46 bits per heavy atom. The fourth-order valence-electron chi connectivity index (χ4n) is 0.470. The zero-order valence-electron chi connectivity index (χ0n) is 7.66. The minimum Gasteiger partial charge on any atom is -0.323 e. The highest BCUT2D eigenvalue weighted by molar-refractivity contribution is 8.04. The molecule has 4 nitrogen and oxygen atoms in total. The molecule has 5 heteroatoms. The van der Waals surface area contributed by atoms with Crippen LogP contribution in [0, 0.1) is 11.7 Å². The number of oxime groups is 1. The minimum atomic E-state index is -0.573. The quantitative estimate of drug-likeness (QED) is 0.323. The third-order valence-corrected chi connectivity index (χ3v) is 1.84. The van der Waals surface area contributed by atoms with Crippen LogP contribution in [0.1, 0.15) is 13.3 Å². The van der Waals surface area contributed by atoms with Gasteiger partial charge in [0, 0.05) is 12.8 Å². The first kappa shape index (κ1) is 11.8. The van der Waals surface area contributed by atoms with Crippen LogP contribution in [-0.4, -0.2) is 24.6 Å². The van der Waals surface area contributed by atoms with E-state index in [4.69, 9.17) is 6.42 Å². The molecule has 0 bridgehead atoms. The topological polar surface area (TPSA) is 50.7 Å². The van der Waals surface area contributed by atoms with Crippen LogP contribution >= 0.6 is 11.8 Å².